The summed E-state index contributed by atoms with van der Waals surface area (Å²) in [6.07, 6.45) is -6.06. The fraction of sp³-hybridized carbons (Fsp3) is 0.903. The third-order valence-corrected chi connectivity index (χ3v) is 11.5. The average Bonchev–Trinajstić information content (AvgIpc) is 3.07. The van der Waals surface area contributed by atoms with E-state index < -0.39 is 84.9 Å². The standard InChI is InChI=1S/C31H53N5O11/c1-34-30(33)36-11-18-14(5-3-13-4-6-20(32)35-10-13)7-16-22(24(18)39)25(40)21-17(23(16)38)8-15(45-2)9-19(21)46-29-27(42)26(41)28(43)31(44,12-37)47-29/h13-22,24,26-29,35,37,39,41-44H,3-12,32H2,1-2H3,(H3,33,34,36). The number of nitrogens with zero attached hydrogens (tertiary/aromatic N) is 1. The summed E-state index contributed by atoms with van der Waals surface area (Å²) >= 11 is 0. The number of hydrogen-bond acceptors (Lipinski definition) is 14. The molecule has 0 bridgehead atoms. The van der Waals surface area contributed by atoms with Crippen molar-refractivity contribution in [3.63, 3.8) is 0 Å². The Morgan fingerprint density at radius 3 is 2.40 bits per heavy atom. The van der Waals surface area contributed by atoms with Crippen LogP contribution in [-0.2, 0) is 23.8 Å². The van der Waals surface area contributed by atoms with Gasteiger partial charge in [0.25, 0.3) is 0 Å². The number of hydrogen-bond donors (Lipinski definition) is 10. The maximum absolute atomic E-state index is 14.5. The second-order valence-corrected chi connectivity index (χ2v) is 14.2. The lowest BCUT2D eigenvalue weighted by Gasteiger charge is -2.53. The molecule has 0 aromatic heterocycles. The van der Waals surface area contributed by atoms with Crippen molar-refractivity contribution in [1.29, 1.82) is 0 Å². The molecule has 2 saturated heterocycles. The average molecular weight is 672 g/mol. The minimum atomic E-state index is -2.65. The van der Waals surface area contributed by atoms with Gasteiger partial charge in [-0.2, -0.15) is 0 Å². The van der Waals surface area contributed by atoms with Gasteiger partial charge in [-0.1, -0.05) is 0 Å². The third-order valence-electron chi connectivity index (χ3n) is 11.5. The zero-order valence-corrected chi connectivity index (χ0v) is 27.1. The highest BCUT2D eigenvalue weighted by atomic mass is 16.8. The van der Waals surface area contributed by atoms with Crippen molar-refractivity contribution >= 4 is 17.5 Å². The molecule has 5 rings (SSSR count). The topological polar surface area (TPSA) is 272 Å². The molecule has 2 heterocycles. The highest BCUT2D eigenvalue weighted by Crippen LogP contribution is 2.51. The van der Waals surface area contributed by atoms with Crippen LogP contribution < -0.4 is 22.1 Å². The number of ketones is 2. The van der Waals surface area contributed by atoms with Crippen molar-refractivity contribution in [2.24, 2.45) is 57.9 Å². The van der Waals surface area contributed by atoms with E-state index in [2.05, 4.69) is 15.6 Å². The Kier molecular flexibility index (Phi) is 11.6. The molecular formula is C31H53N5O11. The molecule has 0 amide bonds. The van der Waals surface area contributed by atoms with Gasteiger partial charge >= 0.3 is 0 Å². The lowest BCUT2D eigenvalue weighted by molar-refractivity contribution is -0.405. The lowest BCUT2D eigenvalue weighted by Crippen LogP contribution is -2.68. The van der Waals surface area contributed by atoms with Crippen molar-refractivity contribution in [1.82, 2.24) is 10.6 Å². The first-order valence-electron chi connectivity index (χ1n) is 16.8. The number of rotatable bonds is 9. The quantitative estimate of drug-likeness (QED) is 0.0842. The van der Waals surface area contributed by atoms with Gasteiger partial charge in [0, 0.05) is 44.9 Å². The fourth-order valence-electron chi connectivity index (χ4n) is 8.71. The fourth-order valence-corrected chi connectivity index (χ4v) is 8.71. The third kappa shape index (κ3) is 7.24. The minimum absolute atomic E-state index is 0.0136. The molecule has 5 fully saturated rings. The van der Waals surface area contributed by atoms with Gasteiger partial charge in [0.15, 0.2) is 12.2 Å². The Bertz CT molecular complexity index is 1140. The van der Waals surface area contributed by atoms with Crippen LogP contribution in [0, 0.1) is 41.4 Å². The van der Waals surface area contributed by atoms with Crippen molar-refractivity contribution in [2.45, 2.75) is 99.8 Å². The van der Waals surface area contributed by atoms with E-state index in [-0.39, 0.29) is 49.0 Å². The van der Waals surface area contributed by atoms with Crippen LogP contribution >= 0.6 is 0 Å². The zero-order valence-electron chi connectivity index (χ0n) is 27.1. The molecule has 5 aliphatic rings. The van der Waals surface area contributed by atoms with Crippen molar-refractivity contribution in [3.05, 3.63) is 0 Å². The van der Waals surface area contributed by atoms with Crippen LogP contribution in [0.4, 0.5) is 0 Å². The summed E-state index contributed by atoms with van der Waals surface area (Å²) in [5.74, 6) is -6.56. The predicted octanol–water partition coefficient (Wildman–Crippen LogP) is -3.49. The lowest BCUT2D eigenvalue weighted by atomic mass is 9.53. The van der Waals surface area contributed by atoms with E-state index in [1.54, 1.807) is 7.05 Å². The molecule has 0 radical (unpaired) electrons. The largest absolute Gasteiger partial charge is 0.392 e. The van der Waals surface area contributed by atoms with E-state index in [1.165, 1.54) is 7.11 Å². The van der Waals surface area contributed by atoms with Crippen molar-refractivity contribution in [3.8, 4) is 0 Å². The summed E-state index contributed by atoms with van der Waals surface area (Å²) in [6.45, 7) is -0.0561. The second-order valence-electron chi connectivity index (χ2n) is 14.2. The highest BCUT2D eigenvalue weighted by Gasteiger charge is 2.61. The smallest absolute Gasteiger partial charge is 0.221 e. The SMILES string of the molecule is CN=C(N)NCC1C(CCC2CCC(N)NC2)CC2C(=O)C3CC(OC)CC(OC4OC(O)(CO)C(O)C(O)C4O)C3C(=O)C2C1O. The van der Waals surface area contributed by atoms with Gasteiger partial charge < -0.3 is 67.0 Å². The molecule has 12 N–H and O–H groups in total. The second kappa shape index (κ2) is 15.0. The van der Waals surface area contributed by atoms with E-state index in [0.717, 1.165) is 32.2 Å². The van der Waals surface area contributed by atoms with Crippen LogP contribution in [0.2, 0.25) is 0 Å². The first-order chi connectivity index (χ1) is 22.3. The molecule has 16 nitrogen and oxygen atoms in total. The number of aliphatic hydroxyl groups excluding tert-OH is 5. The monoisotopic (exact) mass is 671 g/mol. The molecule has 0 aromatic rings. The normalized spacial score (nSPS) is 47.7. The number of piperidine rings is 1. The molecule has 0 aromatic carbocycles. The summed E-state index contributed by atoms with van der Waals surface area (Å²) in [6, 6.07) is 0. The van der Waals surface area contributed by atoms with E-state index in [4.69, 9.17) is 25.7 Å². The number of guanidine groups is 1. The van der Waals surface area contributed by atoms with Crippen LogP contribution in [-0.4, -0.2) is 137 Å². The summed E-state index contributed by atoms with van der Waals surface area (Å²) in [7, 11) is 3.02. The van der Waals surface area contributed by atoms with Gasteiger partial charge in [-0.05, 0) is 56.9 Å². The summed E-state index contributed by atoms with van der Waals surface area (Å²) in [5.41, 5.74) is 11.9. The van der Waals surface area contributed by atoms with Crippen LogP contribution in [0.25, 0.3) is 0 Å². The number of nitrogens with one attached hydrogen (secondary N) is 2. The number of aliphatic hydroxyl groups is 6. The minimum Gasteiger partial charge on any atom is -0.392 e. The molecule has 268 valence electrons. The Labute approximate surface area is 274 Å². The number of methoxy groups -OCH3 is 1. The molecule has 47 heavy (non-hydrogen) atoms. The van der Waals surface area contributed by atoms with Gasteiger partial charge in [0.1, 0.15) is 29.9 Å². The van der Waals surface area contributed by atoms with Gasteiger partial charge in [-0.15, -0.1) is 0 Å². The van der Waals surface area contributed by atoms with Crippen LogP contribution in [0.1, 0.15) is 44.9 Å². The van der Waals surface area contributed by atoms with E-state index in [1.807, 2.05) is 0 Å². The van der Waals surface area contributed by atoms with Gasteiger partial charge in [0.2, 0.25) is 5.79 Å². The first kappa shape index (κ1) is 36.5. The predicted molar refractivity (Wildman–Crippen MR) is 165 cm³/mol. The van der Waals surface area contributed by atoms with E-state index in [0.29, 0.717) is 12.3 Å². The van der Waals surface area contributed by atoms with Gasteiger partial charge in [-0.25, -0.2) is 0 Å². The van der Waals surface area contributed by atoms with E-state index in [9.17, 15) is 40.2 Å². The Balaban J connectivity index is 1.39. The first-order valence-corrected chi connectivity index (χ1v) is 16.8. The molecule has 3 aliphatic carbocycles. The molecule has 3 saturated carbocycles. The molecule has 16 unspecified atom stereocenters. The van der Waals surface area contributed by atoms with Crippen LogP contribution in [0.15, 0.2) is 4.99 Å². The van der Waals surface area contributed by atoms with Crippen molar-refractivity contribution in [2.75, 3.05) is 33.9 Å². The number of nitrogens with two attached hydrogens (primary N) is 2. The number of Topliss-reactive ketones (excluding diaryl/α,β-unsaturated/α-hetero) is 2. The van der Waals surface area contributed by atoms with Crippen LogP contribution in [0.3, 0.4) is 0 Å². The molecule has 0 spiro atoms. The molecular weight excluding hydrogens is 618 g/mol. The van der Waals surface area contributed by atoms with Gasteiger partial charge in [-0.3, -0.25) is 14.6 Å². The summed E-state index contributed by atoms with van der Waals surface area (Å²) < 4.78 is 17.0. The Morgan fingerprint density at radius 2 is 1.77 bits per heavy atom. The highest BCUT2D eigenvalue weighted by molar-refractivity contribution is 6.00. The summed E-state index contributed by atoms with van der Waals surface area (Å²) in [4.78, 5) is 32.7. The summed E-state index contributed by atoms with van der Waals surface area (Å²) in [5, 5.41) is 69.7. The number of carbonyl (C=O) groups is 2. The number of fused-ring (bicyclic) bond motifs is 2. The maximum atomic E-state index is 14.5. The van der Waals surface area contributed by atoms with Crippen molar-refractivity contribution < 1.29 is 54.4 Å². The number of carbonyl (C=O) groups excluding carboxylic acids is 2. The van der Waals surface area contributed by atoms with E-state index >= 15 is 0 Å². The zero-order chi connectivity index (χ0) is 34.2. The Hall–Kier alpha value is -1.83. The number of ether oxygens (including phenoxy) is 3. The molecule has 16 heteroatoms. The van der Waals surface area contributed by atoms with Gasteiger partial charge in [0.05, 0.1) is 42.9 Å². The number of aliphatic imine (C=N–C) groups is 1. The Morgan fingerprint density at radius 1 is 1.04 bits per heavy atom. The molecule has 16 atom stereocenters. The maximum Gasteiger partial charge on any atom is 0.221 e. The van der Waals surface area contributed by atoms with Crippen LogP contribution in [0.5, 0.6) is 0 Å². The molecule has 2 aliphatic heterocycles.